The van der Waals surface area contributed by atoms with Crippen LogP contribution in [0.1, 0.15) is 55.2 Å². The zero-order valence-corrected chi connectivity index (χ0v) is 13.7. The summed E-state index contributed by atoms with van der Waals surface area (Å²) in [6.45, 7) is 8.08. The van der Waals surface area contributed by atoms with E-state index in [2.05, 4.69) is 25.8 Å². The number of carbonyl (C=O) groups excluding carboxylic acids is 1. The standard InChI is InChI=1S/C15H22N2O3S/c1-9(13(19)20)8-17(10-5-6-10)12(18)11-7-16-14(21-11)15(2,3)4/h7,9-10H,5-6,8H2,1-4H3,(H,19,20). The second-order valence-electron chi connectivity index (χ2n) is 6.71. The molecule has 21 heavy (non-hydrogen) atoms. The summed E-state index contributed by atoms with van der Waals surface area (Å²) in [5, 5.41) is 9.97. The molecule has 1 aliphatic carbocycles. The monoisotopic (exact) mass is 310 g/mol. The fourth-order valence-corrected chi connectivity index (χ4v) is 2.95. The lowest BCUT2D eigenvalue weighted by atomic mass is 9.98. The van der Waals surface area contributed by atoms with Crippen molar-refractivity contribution in [3.63, 3.8) is 0 Å². The van der Waals surface area contributed by atoms with E-state index >= 15 is 0 Å². The zero-order valence-electron chi connectivity index (χ0n) is 12.9. The second kappa shape index (κ2) is 5.75. The van der Waals surface area contributed by atoms with Gasteiger partial charge in [-0.25, -0.2) is 4.98 Å². The first-order chi connectivity index (χ1) is 9.70. The SMILES string of the molecule is CC(CN(C(=O)c1cnc(C(C)(C)C)s1)C1CC1)C(=O)O. The average molecular weight is 310 g/mol. The number of aromatic nitrogens is 1. The van der Waals surface area contributed by atoms with E-state index in [9.17, 15) is 9.59 Å². The molecule has 5 nitrogen and oxygen atoms in total. The molecule has 6 heteroatoms. The van der Waals surface area contributed by atoms with Crippen LogP contribution < -0.4 is 0 Å². The van der Waals surface area contributed by atoms with Crippen molar-refractivity contribution in [2.45, 2.75) is 52.0 Å². The zero-order chi connectivity index (χ0) is 15.8. The molecule has 1 aromatic rings. The van der Waals surface area contributed by atoms with Crippen molar-refractivity contribution in [1.29, 1.82) is 0 Å². The first kappa shape index (κ1) is 15.9. The van der Waals surface area contributed by atoms with E-state index in [4.69, 9.17) is 5.11 Å². The highest BCUT2D eigenvalue weighted by Gasteiger charge is 2.36. The molecule has 1 aliphatic rings. The normalized spacial score (nSPS) is 16.6. The number of hydrogen-bond donors (Lipinski definition) is 1. The van der Waals surface area contributed by atoms with Gasteiger partial charge in [0.05, 0.1) is 17.1 Å². The average Bonchev–Trinajstić information content (AvgIpc) is 3.08. The molecule has 0 saturated heterocycles. The van der Waals surface area contributed by atoms with Gasteiger partial charge in [0.15, 0.2) is 0 Å². The van der Waals surface area contributed by atoms with E-state index in [1.54, 1.807) is 18.0 Å². The van der Waals surface area contributed by atoms with Crippen molar-refractivity contribution in [2.75, 3.05) is 6.54 Å². The highest BCUT2D eigenvalue weighted by Crippen LogP contribution is 2.32. The minimum absolute atomic E-state index is 0.0814. The molecule has 1 unspecified atom stereocenters. The maximum atomic E-state index is 12.6. The van der Waals surface area contributed by atoms with Gasteiger partial charge in [-0.3, -0.25) is 9.59 Å². The molecule has 116 valence electrons. The second-order valence-corrected chi connectivity index (χ2v) is 7.74. The van der Waals surface area contributed by atoms with Crippen molar-refractivity contribution < 1.29 is 14.7 Å². The Morgan fingerprint density at radius 1 is 1.48 bits per heavy atom. The lowest BCUT2D eigenvalue weighted by Crippen LogP contribution is -2.38. The van der Waals surface area contributed by atoms with Crippen LogP contribution in [-0.4, -0.2) is 39.5 Å². The highest BCUT2D eigenvalue weighted by atomic mass is 32.1. The molecular weight excluding hydrogens is 288 g/mol. The van der Waals surface area contributed by atoms with Gasteiger partial charge in [0.2, 0.25) is 0 Å². The number of aliphatic carboxylic acids is 1. The lowest BCUT2D eigenvalue weighted by Gasteiger charge is -2.23. The molecule has 1 aromatic heterocycles. The molecule has 2 rings (SSSR count). The summed E-state index contributed by atoms with van der Waals surface area (Å²) in [6, 6.07) is 0.194. The molecule has 0 spiro atoms. The molecule has 0 radical (unpaired) electrons. The molecule has 0 bridgehead atoms. The van der Waals surface area contributed by atoms with Crippen molar-refractivity contribution in [1.82, 2.24) is 9.88 Å². The van der Waals surface area contributed by atoms with Crippen LogP contribution in [0.25, 0.3) is 0 Å². The van der Waals surface area contributed by atoms with E-state index in [1.165, 1.54) is 11.3 Å². The maximum absolute atomic E-state index is 12.6. The molecule has 1 amide bonds. The Morgan fingerprint density at radius 2 is 2.10 bits per heavy atom. The van der Waals surface area contributed by atoms with Crippen molar-refractivity contribution in [2.24, 2.45) is 5.92 Å². The Kier molecular flexibility index (Phi) is 4.37. The van der Waals surface area contributed by atoms with Crippen LogP contribution in [0.3, 0.4) is 0 Å². The molecule has 1 fully saturated rings. The molecule has 1 N–H and O–H groups in total. The van der Waals surface area contributed by atoms with Crippen LogP contribution in [0.4, 0.5) is 0 Å². The van der Waals surface area contributed by atoms with Gasteiger partial charge in [-0.05, 0) is 12.8 Å². The third-order valence-electron chi connectivity index (χ3n) is 3.50. The van der Waals surface area contributed by atoms with Crippen LogP contribution >= 0.6 is 11.3 Å². The smallest absolute Gasteiger partial charge is 0.308 e. The van der Waals surface area contributed by atoms with Crippen molar-refractivity contribution in [3.8, 4) is 0 Å². The molecular formula is C15H22N2O3S. The molecule has 0 aliphatic heterocycles. The van der Waals surface area contributed by atoms with Gasteiger partial charge in [0.1, 0.15) is 4.88 Å². The summed E-state index contributed by atoms with van der Waals surface area (Å²) >= 11 is 1.41. The van der Waals surface area contributed by atoms with Gasteiger partial charge >= 0.3 is 5.97 Å². The number of carboxylic acid groups (broad SMARTS) is 1. The fourth-order valence-electron chi connectivity index (χ4n) is 2.02. The van der Waals surface area contributed by atoms with E-state index in [0.717, 1.165) is 17.8 Å². The van der Waals surface area contributed by atoms with E-state index in [-0.39, 0.29) is 23.9 Å². The number of hydrogen-bond acceptors (Lipinski definition) is 4. The van der Waals surface area contributed by atoms with Crippen LogP contribution in [0, 0.1) is 5.92 Å². The third-order valence-corrected chi connectivity index (χ3v) is 4.91. The lowest BCUT2D eigenvalue weighted by molar-refractivity contribution is -0.141. The summed E-state index contributed by atoms with van der Waals surface area (Å²) in [6.07, 6.45) is 3.54. The molecule has 0 aromatic carbocycles. The molecule has 1 saturated carbocycles. The van der Waals surface area contributed by atoms with Gasteiger partial charge in [-0.2, -0.15) is 0 Å². The third kappa shape index (κ3) is 3.81. The Balaban J connectivity index is 2.15. The first-order valence-corrected chi connectivity index (χ1v) is 8.02. The number of amides is 1. The predicted octanol–water partition coefficient (Wildman–Crippen LogP) is 2.77. The van der Waals surface area contributed by atoms with E-state index < -0.39 is 11.9 Å². The fraction of sp³-hybridized carbons (Fsp3) is 0.667. The summed E-state index contributed by atoms with van der Waals surface area (Å²) in [5.41, 5.74) is -0.0814. The van der Waals surface area contributed by atoms with Gasteiger partial charge in [-0.15, -0.1) is 11.3 Å². The molecule has 1 heterocycles. The minimum atomic E-state index is -0.867. The Morgan fingerprint density at radius 3 is 2.52 bits per heavy atom. The summed E-state index contributed by atoms with van der Waals surface area (Å²) < 4.78 is 0. The van der Waals surface area contributed by atoms with Gasteiger partial charge in [0.25, 0.3) is 5.91 Å². The van der Waals surface area contributed by atoms with Gasteiger partial charge < -0.3 is 10.0 Å². The molecule has 1 atom stereocenters. The largest absolute Gasteiger partial charge is 0.481 e. The Labute approximate surface area is 129 Å². The Hall–Kier alpha value is -1.43. The number of carbonyl (C=O) groups is 2. The summed E-state index contributed by atoms with van der Waals surface area (Å²) in [5.74, 6) is -1.50. The first-order valence-electron chi connectivity index (χ1n) is 7.20. The number of thiazole rings is 1. The van der Waals surface area contributed by atoms with Crippen LogP contribution in [0.15, 0.2) is 6.20 Å². The topological polar surface area (TPSA) is 70.5 Å². The Bertz CT molecular complexity index is 543. The quantitative estimate of drug-likeness (QED) is 0.908. The van der Waals surface area contributed by atoms with Crippen LogP contribution in [0.2, 0.25) is 0 Å². The summed E-state index contributed by atoms with van der Waals surface area (Å²) in [4.78, 5) is 30.3. The minimum Gasteiger partial charge on any atom is -0.481 e. The number of carboxylic acids is 1. The summed E-state index contributed by atoms with van der Waals surface area (Å²) in [7, 11) is 0. The van der Waals surface area contributed by atoms with Crippen LogP contribution in [-0.2, 0) is 10.2 Å². The van der Waals surface area contributed by atoms with Crippen LogP contribution in [0.5, 0.6) is 0 Å². The number of nitrogens with zero attached hydrogens (tertiary/aromatic N) is 2. The van der Waals surface area contributed by atoms with Gasteiger partial charge in [0, 0.05) is 18.0 Å². The van der Waals surface area contributed by atoms with Crippen molar-refractivity contribution in [3.05, 3.63) is 16.1 Å². The van der Waals surface area contributed by atoms with E-state index in [1.807, 2.05) is 0 Å². The predicted molar refractivity (Wildman–Crippen MR) is 81.7 cm³/mol. The van der Waals surface area contributed by atoms with E-state index in [0.29, 0.717) is 4.88 Å². The number of rotatable bonds is 5. The van der Waals surface area contributed by atoms with Gasteiger partial charge in [-0.1, -0.05) is 27.7 Å². The van der Waals surface area contributed by atoms with Crippen molar-refractivity contribution >= 4 is 23.2 Å². The maximum Gasteiger partial charge on any atom is 0.308 e. The highest BCUT2D eigenvalue weighted by molar-refractivity contribution is 7.13.